The molecule has 17 rings (SSSR count). The fraction of sp³-hybridized carbons (Fsp3) is 0. The van der Waals surface area contributed by atoms with Crippen molar-refractivity contribution >= 4 is 137 Å². The second-order valence-electron chi connectivity index (χ2n) is 18.2. The molecular weight excluding hydrogens is 933 g/mol. The van der Waals surface area contributed by atoms with Gasteiger partial charge >= 0.3 is 0 Å². The second kappa shape index (κ2) is 14.9. The van der Waals surface area contributed by atoms with Gasteiger partial charge in [-0.3, -0.25) is 0 Å². The molecule has 11 aromatic carbocycles. The normalized spacial score (nSPS) is 15.9. The number of fused-ring (bicyclic) bond motifs is 20. The van der Waals surface area contributed by atoms with Crippen LogP contribution in [0, 0.1) is 17.9 Å². The topological polar surface area (TPSA) is 74.1 Å². The fourth-order valence-corrected chi connectivity index (χ4v) is 11.7. The maximum Gasteiger partial charge on any atom is 0.237 e. The van der Waals surface area contributed by atoms with Gasteiger partial charge in [0.2, 0.25) is 5.69 Å². The number of nitrogens with zero attached hydrogens (tertiary/aromatic N) is 6. The molecule has 0 spiro atoms. The fourth-order valence-electron chi connectivity index (χ4n) is 11.7. The lowest BCUT2D eigenvalue weighted by Crippen LogP contribution is -2.14. The molecule has 0 unspecified atom stereocenters. The molecule has 8 heteroatoms. The van der Waals surface area contributed by atoms with E-state index in [0.29, 0.717) is 43.6 Å². The molecule has 0 aliphatic heterocycles. The van der Waals surface area contributed by atoms with Crippen LogP contribution in [0.5, 0.6) is 0 Å². The minimum atomic E-state index is -0.824. The molecule has 0 bridgehead atoms. The highest BCUT2D eigenvalue weighted by Gasteiger charge is 2.36. The van der Waals surface area contributed by atoms with Gasteiger partial charge in [0.05, 0.1) is 106 Å². The molecule has 17 aromatic rings. The summed E-state index contributed by atoms with van der Waals surface area (Å²) < 4.78 is 208. The van der Waals surface area contributed by atoms with Crippen LogP contribution in [0.1, 0.15) is 33.0 Å². The molecule has 0 amide bonds. The Morgan fingerprint density at radius 3 is 1.20 bits per heavy atom. The van der Waals surface area contributed by atoms with Gasteiger partial charge in [-0.1, -0.05) is 157 Å². The zero-order chi connectivity index (χ0) is 67.3. The van der Waals surface area contributed by atoms with E-state index in [9.17, 15) is 31.0 Å². The van der Waals surface area contributed by atoms with Gasteiger partial charge in [0.1, 0.15) is 17.2 Å². The van der Waals surface area contributed by atoms with E-state index in [1.807, 2.05) is 24.3 Å². The number of para-hydroxylation sites is 8. The Morgan fingerprint density at radius 1 is 0.368 bits per heavy atom. The third-order valence-electron chi connectivity index (χ3n) is 14.6. The summed E-state index contributed by atoms with van der Waals surface area (Å²) in [5, 5.41) is 12.4. The number of benzene rings is 11. The quantitative estimate of drug-likeness (QED) is 0.165. The summed E-state index contributed by atoms with van der Waals surface area (Å²) in [6.07, 6.45) is 0. The zero-order valence-electron chi connectivity index (χ0n) is 58.7. The number of hydrogen-bond acceptors (Lipinski definition) is 3. The van der Waals surface area contributed by atoms with Crippen LogP contribution in [-0.2, 0) is 0 Å². The van der Waals surface area contributed by atoms with Crippen molar-refractivity contribution in [1.29, 1.82) is 5.26 Å². The maximum atomic E-state index is 12.9. The van der Waals surface area contributed by atoms with Gasteiger partial charge in [-0.25, -0.2) is 4.85 Å². The zero-order valence-corrected chi connectivity index (χ0v) is 38.7. The smallest absolute Gasteiger partial charge is 0.237 e. The SMILES string of the molecule is [2H]c1c([2H])c([2H])c2c(oc3c2c([2H])c([2H])c2c4c([2H])c([2H])c([2H])c([2H])c4n(-c4c(C#N)c(-n5c6ccccc6c6ccccc65)c(-n5c6c([2H])c([2H])c([2H])c([2H])c6c6c([2H])c([2H])c7c(oc8c([2H])c([2H])c([2H])c([2H])c87)c65)c(-n5c6ccccc6c6ccccc65)c4[N+]#[C-])c32)c1[2H]. The standard InChI is InChI=1S/C68H36N6O2/c1-70-60-61(73-56-30-14-6-22-43(56)47-34-36-49-45-24-8-16-32-58(45)75-67(49)63(47)73)51(38-69)62(71-52-26-10-2-18-39(52)40-19-3-11-27-53(40)71)66(65(60)72-54-28-12-4-20-41(54)42-21-5-13-29-55(42)72)74-57-31-15-7-23-44(57)48-35-37-50-46-25-9-17-33-59(46)76-68(50)64(48)74/h2-37H/i6D,7D,8D,9D,14D,15D,16D,17D,22D,23D,24D,25D,30D,31D,32D,33D,34D,35D,36D,37D. The number of aromatic nitrogens is 4. The van der Waals surface area contributed by atoms with E-state index in [0.717, 1.165) is 4.57 Å². The monoisotopic (exact) mass is 988 g/mol. The van der Waals surface area contributed by atoms with Crippen LogP contribution in [0.3, 0.4) is 0 Å². The molecule has 6 heterocycles. The largest absolute Gasteiger partial charge is 0.454 e. The van der Waals surface area contributed by atoms with E-state index < -0.39 is 177 Å². The Bertz CT molecular complexity index is 6500. The van der Waals surface area contributed by atoms with Crippen LogP contribution in [0.15, 0.2) is 227 Å². The maximum absolute atomic E-state index is 12.9. The van der Waals surface area contributed by atoms with Crippen molar-refractivity contribution in [3.63, 3.8) is 0 Å². The Labute approximate surface area is 459 Å². The molecule has 0 radical (unpaired) electrons. The first-order chi connectivity index (χ1) is 46.0. The molecule has 350 valence electrons. The van der Waals surface area contributed by atoms with Crippen molar-refractivity contribution in [3.05, 3.63) is 235 Å². The van der Waals surface area contributed by atoms with Crippen molar-refractivity contribution in [2.45, 2.75) is 0 Å². The van der Waals surface area contributed by atoms with Gasteiger partial charge in [0.15, 0.2) is 11.2 Å². The lowest BCUT2D eigenvalue weighted by Gasteiger charge is -2.27. The van der Waals surface area contributed by atoms with Crippen molar-refractivity contribution in [2.24, 2.45) is 0 Å². The van der Waals surface area contributed by atoms with Crippen LogP contribution >= 0.6 is 0 Å². The van der Waals surface area contributed by atoms with Crippen LogP contribution in [0.2, 0.25) is 0 Å². The highest BCUT2D eigenvalue weighted by atomic mass is 16.3. The third kappa shape index (κ3) is 5.09. The summed E-state index contributed by atoms with van der Waals surface area (Å²) in [6, 6.07) is 16.3. The van der Waals surface area contributed by atoms with Crippen LogP contribution in [0.25, 0.3) is 159 Å². The average Bonchev–Trinajstić information content (AvgIpc) is 1.48. The number of rotatable bonds is 4. The minimum absolute atomic E-state index is 0.241. The highest BCUT2D eigenvalue weighted by molar-refractivity contribution is 6.25. The van der Waals surface area contributed by atoms with Gasteiger partial charge in [0.25, 0.3) is 0 Å². The summed E-state index contributed by atoms with van der Waals surface area (Å²) >= 11 is 0. The van der Waals surface area contributed by atoms with Gasteiger partial charge in [0, 0.05) is 64.6 Å². The second-order valence-corrected chi connectivity index (χ2v) is 18.2. The van der Waals surface area contributed by atoms with Crippen molar-refractivity contribution in [2.75, 3.05) is 0 Å². The molecular formula is C68H36N6O2. The molecule has 0 aliphatic carbocycles. The predicted molar refractivity (Wildman–Crippen MR) is 309 cm³/mol. The molecule has 76 heavy (non-hydrogen) atoms. The molecule has 8 nitrogen and oxygen atoms in total. The van der Waals surface area contributed by atoms with E-state index in [1.165, 1.54) is 4.57 Å². The molecule has 0 saturated carbocycles. The number of nitriles is 1. The first-order valence-electron chi connectivity index (χ1n) is 33.7. The summed E-state index contributed by atoms with van der Waals surface area (Å²) in [4.78, 5) is 4.43. The van der Waals surface area contributed by atoms with Gasteiger partial charge in [-0.2, -0.15) is 5.26 Å². The Balaban J connectivity index is 1.27. The predicted octanol–water partition coefficient (Wildman–Crippen LogP) is 18.3. The molecule has 0 saturated heterocycles. The van der Waals surface area contributed by atoms with Gasteiger partial charge in [-0.15, -0.1) is 0 Å². The van der Waals surface area contributed by atoms with Crippen molar-refractivity contribution in [1.82, 2.24) is 18.3 Å². The summed E-state index contributed by atoms with van der Waals surface area (Å²) in [5.41, 5.74) is -4.27. The molecule has 0 N–H and O–H groups in total. The Morgan fingerprint density at radius 2 is 0.750 bits per heavy atom. The molecule has 0 atom stereocenters. The van der Waals surface area contributed by atoms with Crippen LogP contribution < -0.4 is 0 Å². The lowest BCUT2D eigenvalue weighted by molar-refractivity contribution is 0.670. The van der Waals surface area contributed by atoms with Gasteiger partial charge < -0.3 is 27.1 Å². The first kappa shape index (κ1) is 26.2. The first-order valence-corrected chi connectivity index (χ1v) is 23.7. The number of furan rings is 2. The van der Waals surface area contributed by atoms with E-state index in [1.54, 1.807) is 81.9 Å². The number of hydrogen-bond donors (Lipinski definition) is 0. The lowest BCUT2D eigenvalue weighted by atomic mass is 10.0. The molecule has 0 aliphatic rings. The average molecular weight is 989 g/mol. The van der Waals surface area contributed by atoms with E-state index in [-0.39, 0.29) is 65.8 Å². The Hall–Kier alpha value is -10.8. The van der Waals surface area contributed by atoms with Crippen molar-refractivity contribution in [3.8, 4) is 28.8 Å². The molecule has 0 fully saturated rings. The van der Waals surface area contributed by atoms with E-state index in [2.05, 4.69) is 10.9 Å². The minimum Gasteiger partial charge on any atom is -0.454 e. The summed E-state index contributed by atoms with van der Waals surface area (Å²) in [7, 11) is 0. The van der Waals surface area contributed by atoms with Crippen LogP contribution in [0.4, 0.5) is 5.69 Å². The van der Waals surface area contributed by atoms with Crippen LogP contribution in [-0.4, -0.2) is 18.3 Å². The van der Waals surface area contributed by atoms with E-state index in [4.69, 9.17) is 17.1 Å². The summed E-state index contributed by atoms with van der Waals surface area (Å²) in [5.74, 6) is 0. The van der Waals surface area contributed by atoms with Crippen molar-refractivity contribution < 1.29 is 36.2 Å². The van der Waals surface area contributed by atoms with E-state index >= 15 is 0 Å². The third-order valence-corrected chi connectivity index (χ3v) is 14.6. The van der Waals surface area contributed by atoms with Gasteiger partial charge in [-0.05, 0) is 60.5 Å². The Kier molecular flexibility index (Phi) is 5.14. The molecule has 6 aromatic heterocycles. The summed E-state index contributed by atoms with van der Waals surface area (Å²) in [6.45, 7) is 9.95. The highest BCUT2D eigenvalue weighted by Crippen LogP contribution is 2.53.